The highest BCUT2D eigenvalue weighted by Gasteiger charge is 2.18. The van der Waals surface area contributed by atoms with E-state index in [2.05, 4.69) is 5.32 Å². The van der Waals surface area contributed by atoms with Crippen LogP contribution in [0.1, 0.15) is 11.1 Å². The molecule has 0 radical (unpaired) electrons. The number of rotatable bonds is 6. The molecule has 0 aliphatic heterocycles. The van der Waals surface area contributed by atoms with E-state index >= 15 is 0 Å². The predicted octanol–water partition coefficient (Wildman–Crippen LogP) is 2.07. The second-order valence-electron chi connectivity index (χ2n) is 5.90. The van der Waals surface area contributed by atoms with Crippen molar-refractivity contribution in [3.63, 3.8) is 0 Å². The number of aryl methyl sites for hydroxylation is 1. The molecule has 7 heteroatoms. The molecule has 1 amide bonds. The number of likely N-dealkylation sites (N-methyl/N-ethyl adjacent to an activating group) is 1. The van der Waals surface area contributed by atoms with Gasteiger partial charge >= 0.3 is 0 Å². The van der Waals surface area contributed by atoms with Gasteiger partial charge in [-0.2, -0.15) is 0 Å². The number of ether oxygens (including phenoxy) is 1. The fraction of sp³-hybridized carbons (Fsp3) is 0.278. The molecule has 0 aromatic heterocycles. The van der Waals surface area contributed by atoms with E-state index in [0.29, 0.717) is 6.54 Å². The van der Waals surface area contributed by atoms with Crippen LogP contribution in [-0.2, 0) is 11.3 Å². The maximum Gasteiger partial charge on any atom is 0.279 e. The van der Waals surface area contributed by atoms with E-state index in [1.165, 1.54) is 0 Å². The number of hydrogen-bond acceptors (Lipinski definition) is 2. The maximum absolute atomic E-state index is 13.6. The molecule has 0 fully saturated rings. The van der Waals surface area contributed by atoms with Crippen LogP contribution in [0, 0.1) is 24.4 Å². The molecule has 0 saturated heterocycles. The molecule has 4 nitrogen and oxygen atoms in total. The van der Waals surface area contributed by atoms with Gasteiger partial charge in [0.1, 0.15) is 12.3 Å². The topological polar surface area (TPSA) is 42.8 Å². The van der Waals surface area contributed by atoms with Crippen LogP contribution in [0.4, 0.5) is 18.9 Å². The molecular formula is C18H20F3N2O2+. The second-order valence-corrected chi connectivity index (χ2v) is 5.90. The summed E-state index contributed by atoms with van der Waals surface area (Å²) in [5, 5.41) is 2.26. The summed E-state index contributed by atoms with van der Waals surface area (Å²) in [5.41, 5.74) is 1.62. The summed E-state index contributed by atoms with van der Waals surface area (Å²) in [6.07, 6.45) is 0. The van der Waals surface area contributed by atoms with Gasteiger partial charge in [0.25, 0.3) is 5.91 Å². The molecule has 0 spiro atoms. The molecule has 0 aliphatic rings. The molecule has 0 heterocycles. The lowest BCUT2D eigenvalue weighted by atomic mass is 10.1. The Hall–Kier alpha value is -2.54. The van der Waals surface area contributed by atoms with Gasteiger partial charge in [-0.3, -0.25) is 4.79 Å². The summed E-state index contributed by atoms with van der Waals surface area (Å²) in [5.74, 6) is -4.11. The van der Waals surface area contributed by atoms with Gasteiger partial charge < -0.3 is 15.0 Å². The first-order valence-electron chi connectivity index (χ1n) is 7.70. The Balaban J connectivity index is 2.01. The summed E-state index contributed by atoms with van der Waals surface area (Å²) in [6, 6.07) is 7.51. The standard InChI is InChI=1S/C18H19F3N2O2/c1-11-4-7-15(25-3)12(8-11)9-23(2)10-16(24)22-14-6-5-13(19)17(20)18(14)21/h4-8H,9-10H2,1-3H3,(H,22,24)/p+1. The number of amides is 1. The summed E-state index contributed by atoms with van der Waals surface area (Å²) in [6.45, 7) is 2.49. The van der Waals surface area contributed by atoms with Crippen molar-refractivity contribution in [2.45, 2.75) is 13.5 Å². The van der Waals surface area contributed by atoms with Crippen LogP contribution in [0.5, 0.6) is 5.75 Å². The minimum Gasteiger partial charge on any atom is -0.496 e. The number of carbonyl (C=O) groups is 1. The Morgan fingerprint density at radius 1 is 1.16 bits per heavy atom. The third kappa shape index (κ3) is 4.73. The lowest BCUT2D eigenvalue weighted by Crippen LogP contribution is -3.08. The molecule has 134 valence electrons. The normalized spacial score (nSPS) is 11.9. The van der Waals surface area contributed by atoms with Crippen LogP contribution < -0.4 is 15.0 Å². The van der Waals surface area contributed by atoms with Crippen LogP contribution in [0.2, 0.25) is 0 Å². The average molecular weight is 353 g/mol. The summed E-state index contributed by atoms with van der Waals surface area (Å²) in [7, 11) is 3.37. The van der Waals surface area contributed by atoms with Crippen molar-refractivity contribution in [2.75, 3.05) is 26.0 Å². The molecule has 2 aromatic carbocycles. The summed E-state index contributed by atoms with van der Waals surface area (Å²) >= 11 is 0. The number of halogens is 3. The summed E-state index contributed by atoms with van der Waals surface area (Å²) < 4.78 is 45.0. The van der Waals surface area contributed by atoms with Gasteiger partial charge in [0.15, 0.2) is 24.0 Å². The maximum atomic E-state index is 13.6. The minimum absolute atomic E-state index is 0.0233. The number of hydrogen-bond donors (Lipinski definition) is 2. The second kappa shape index (κ2) is 8.02. The van der Waals surface area contributed by atoms with Gasteiger partial charge in [0, 0.05) is 5.56 Å². The van der Waals surface area contributed by atoms with Crippen LogP contribution in [0.15, 0.2) is 30.3 Å². The third-order valence-electron chi connectivity index (χ3n) is 3.70. The SMILES string of the molecule is COc1ccc(C)cc1C[NH+](C)CC(=O)Nc1ccc(F)c(F)c1F. The first kappa shape index (κ1) is 18.8. The Labute approximate surface area is 144 Å². The van der Waals surface area contributed by atoms with E-state index in [1.807, 2.05) is 25.1 Å². The predicted molar refractivity (Wildman–Crippen MR) is 88.1 cm³/mol. The molecule has 2 rings (SSSR count). The van der Waals surface area contributed by atoms with E-state index < -0.39 is 23.4 Å². The number of anilines is 1. The minimum atomic E-state index is -1.61. The molecule has 2 N–H and O–H groups in total. The molecule has 0 bridgehead atoms. The lowest BCUT2D eigenvalue weighted by Gasteiger charge is -2.16. The average Bonchev–Trinajstić information content (AvgIpc) is 2.55. The Morgan fingerprint density at radius 2 is 1.88 bits per heavy atom. The number of carbonyl (C=O) groups excluding carboxylic acids is 1. The zero-order chi connectivity index (χ0) is 18.6. The van der Waals surface area contributed by atoms with Gasteiger partial charge in [0.05, 0.1) is 19.8 Å². The highest BCUT2D eigenvalue weighted by atomic mass is 19.2. The third-order valence-corrected chi connectivity index (χ3v) is 3.70. The molecule has 25 heavy (non-hydrogen) atoms. The van der Waals surface area contributed by atoms with Crippen molar-refractivity contribution >= 4 is 11.6 Å². The molecule has 1 unspecified atom stereocenters. The van der Waals surface area contributed by atoms with Gasteiger partial charge in [-0.05, 0) is 31.2 Å². The zero-order valence-electron chi connectivity index (χ0n) is 14.3. The first-order chi connectivity index (χ1) is 11.8. The molecule has 1 atom stereocenters. The highest BCUT2D eigenvalue weighted by molar-refractivity contribution is 5.91. The Morgan fingerprint density at radius 3 is 2.56 bits per heavy atom. The molecule has 0 saturated carbocycles. The Kier molecular flexibility index (Phi) is 6.03. The number of methoxy groups -OCH3 is 1. The van der Waals surface area contributed by atoms with E-state index in [1.54, 1.807) is 14.2 Å². The number of nitrogens with one attached hydrogen (secondary N) is 2. The zero-order valence-corrected chi connectivity index (χ0v) is 14.3. The fourth-order valence-electron chi connectivity index (χ4n) is 2.52. The van der Waals surface area contributed by atoms with Gasteiger partial charge in [-0.1, -0.05) is 11.6 Å². The van der Waals surface area contributed by atoms with Crippen LogP contribution in [0.3, 0.4) is 0 Å². The van der Waals surface area contributed by atoms with Gasteiger partial charge in [0.2, 0.25) is 0 Å². The van der Waals surface area contributed by atoms with Crippen LogP contribution in [0.25, 0.3) is 0 Å². The fourth-order valence-corrected chi connectivity index (χ4v) is 2.52. The number of quaternary nitrogens is 1. The van der Waals surface area contributed by atoms with Gasteiger partial charge in [-0.15, -0.1) is 0 Å². The first-order valence-corrected chi connectivity index (χ1v) is 7.70. The van der Waals surface area contributed by atoms with E-state index in [-0.39, 0.29) is 12.2 Å². The quantitative estimate of drug-likeness (QED) is 0.781. The van der Waals surface area contributed by atoms with Crippen LogP contribution in [-0.4, -0.2) is 26.6 Å². The van der Waals surface area contributed by atoms with E-state index in [0.717, 1.165) is 33.9 Å². The summed E-state index contributed by atoms with van der Waals surface area (Å²) in [4.78, 5) is 12.9. The molecule has 0 aliphatic carbocycles. The molecular weight excluding hydrogens is 333 g/mol. The molecule has 2 aromatic rings. The van der Waals surface area contributed by atoms with Crippen molar-refractivity contribution < 1.29 is 27.6 Å². The van der Waals surface area contributed by atoms with E-state index in [4.69, 9.17) is 4.74 Å². The van der Waals surface area contributed by atoms with Crippen molar-refractivity contribution in [1.29, 1.82) is 0 Å². The smallest absolute Gasteiger partial charge is 0.279 e. The Bertz CT molecular complexity index is 781. The largest absolute Gasteiger partial charge is 0.496 e. The van der Waals surface area contributed by atoms with Crippen molar-refractivity contribution in [2.24, 2.45) is 0 Å². The van der Waals surface area contributed by atoms with E-state index in [9.17, 15) is 18.0 Å². The number of benzene rings is 2. The van der Waals surface area contributed by atoms with Crippen molar-refractivity contribution in [3.05, 3.63) is 58.9 Å². The van der Waals surface area contributed by atoms with Crippen molar-refractivity contribution in [3.8, 4) is 5.75 Å². The van der Waals surface area contributed by atoms with Gasteiger partial charge in [-0.25, -0.2) is 13.2 Å². The monoisotopic (exact) mass is 353 g/mol. The lowest BCUT2D eigenvalue weighted by molar-refractivity contribution is -0.885. The highest BCUT2D eigenvalue weighted by Crippen LogP contribution is 2.20. The van der Waals surface area contributed by atoms with Crippen LogP contribution >= 0.6 is 0 Å². The van der Waals surface area contributed by atoms with Crippen molar-refractivity contribution in [1.82, 2.24) is 0 Å².